The van der Waals surface area contributed by atoms with Gasteiger partial charge in [0.2, 0.25) is 4.38 Å². The molecular weight excluding hydrogens is 164 g/mol. The van der Waals surface area contributed by atoms with Gasteiger partial charge < -0.3 is 4.74 Å². The Morgan fingerprint density at radius 2 is 2.20 bits per heavy atom. The zero-order valence-corrected chi connectivity index (χ0v) is 8.19. The Bertz CT molecular complexity index is 93.6. The van der Waals surface area contributed by atoms with Crippen LogP contribution in [0.4, 0.5) is 0 Å². The van der Waals surface area contributed by atoms with E-state index in [0.29, 0.717) is 4.38 Å². The van der Waals surface area contributed by atoms with Crippen LogP contribution in [0.1, 0.15) is 26.2 Å². The fraction of sp³-hybridized carbons (Fsp3) is 0.857. The van der Waals surface area contributed by atoms with Gasteiger partial charge in [-0.05, 0) is 24.9 Å². The maximum atomic E-state index is 5.19. The lowest BCUT2D eigenvalue weighted by Crippen LogP contribution is -1.97. The third kappa shape index (κ3) is 6.36. The molecule has 0 spiro atoms. The molecule has 0 fully saturated rings. The van der Waals surface area contributed by atoms with Gasteiger partial charge >= 0.3 is 0 Å². The van der Waals surface area contributed by atoms with Crippen LogP contribution in [-0.4, -0.2) is 17.2 Å². The van der Waals surface area contributed by atoms with Crippen molar-refractivity contribution in [3.63, 3.8) is 0 Å². The number of hydrogen-bond acceptors (Lipinski definition) is 3. The third-order valence-corrected chi connectivity index (χ3v) is 2.20. The van der Waals surface area contributed by atoms with Gasteiger partial charge in [0, 0.05) is 0 Å². The van der Waals surface area contributed by atoms with Crippen LogP contribution in [0.2, 0.25) is 0 Å². The molecule has 0 heterocycles. The molecule has 3 heteroatoms. The molecule has 0 aromatic rings. The first-order chi connectivity index (χ1) is 4.81. The lowest BCUT2D eigenvalue weighted by atomic mass is 10.3. The van der Waals surface area contributed by atoms with Gasteiger partial charge in [0.15, 0.2) is 0 Å². The highest BCUT2D eigenvalue weighted by atomic mass is 32.2. The molecule has 0 aromatic heterocycles. The largest absolute Gasteiger partial charge is 0.479 e. The predicted molar refractivity (Wildman–Crippen MR) is 51.6 cm³/mol. The van der Waals surface area contributed by atoms with E-state index in [1.165, 1.54) is 24.6 Å². The van der Waals surface area contributed by atoms with Gasteiger partial charge in [-0.2, -0.15) is 0 Å². The molecule has 0 amide bonds. The third-order valence-electron chi connectivity index (χ3n) is 1.13. The van der Waals surface area contributed by atoms with Crippen LogP contribution in [-0.2, 0) is 4.74 Å². The summed E-state index contributed by atoms with van der Waals surface area (Å²) in [5, 5.41) is 0. The summed E-state index contributed by atoms with van der Waals surface area (Å²) in [4.78, 5) is 0. The number of hydrogen-bond donors (Lipinski definition) is 0. The van der Waals surface area contributed by atoms with Crippen molar-refractivity contribution >= 4 is 28.4 Å². The van der Waals surface area contributed by atoms with Crippen molar-refractivity contribution in [2.24, 2.45) is 0 Å². The highest BCUT2D eigenvalue weighted by Gasteiger charge is 1.92. The fourth-order valence-corrected chi connectivity index (χ4v) is 0.851. The van der Waals surface area contributed by atoms with Gasteiger partial charge in [0.05, 0.1) is 6.61 Å². The first kappa shape index (κ1) is 10.2. The summed E-state index contributed by atoms with van der Waals surface area (Å²) in [5.41, 5.74) is 0. The summed E-state index contributed by atoms with van der Waals surface area (Å²) < 4.78 is 5.85. The quantitative estimate of drug-likeness (QED) is 0.484. The van der Waals surface area contributed by atoms with Gasteiger partial charge in [-0.25, -0.2) is 0 Å². The number of unbranched alkanes of at least 4 members (excludes halogenated alkanes) is 2. The van der Waals surface area contributed by atoms with E-state index in [0.717, 1.165) is 13.0 Å². The fourth-order valence-electron chi connectivity index (χ4n) is 0.566. The molecule has 1 nitrogen and oxygen atoms in total. The molecule has 0 aliphatic rings. The van der Waals surface area contributed by atoms with Crippen molar-refractivity contribution in [1.29, 1.82) is 0 Å². The topological polar surface area (TPSA) is 9.23 Å². The molecule has 0 rings (SSSR count). The second-order valence-corrected chi connectivity index (χ2v) is 3.42. The molecule has 0 unspecified atom stereocenters. The maximum absolute atomic E-state index is 5.19. The average molecular weight is 178 g/mol. The minimum atomic E-state index is 0.663. The summed E-state index contributed by atoms with van der Waals surface area (Å²) in [6, 6.07) is 0. The Morgan fingerprint density at radius 1 is 1.50 bits per heavy atom. The Kier molecular flexibility index (Phi) is 7.52. The summed E-state index contributed by atoms with van der Waals surface area (Å²) in [6.45, 7) is 2.96. The number of ether oxygens (including phenoxy) is 1. The molecule has 0 aliphatic heterocycles. The van der Waals surface area contributed by atoms with Gasteiger partial charge in [-0.1, -0.05) is 31.5 Å². The molecule has 60 valence electrons. The number of thiocarbonyl (C=S) groups is 1. The monoisotopic (exact) mass is 178 g/mol. The van der Waals surface area contributed by atoms with Crippen LogP contribution >= 0.6 is 24.0 Å². The summed E-state index contributed by atoms with van der Waals surface area (Å²) in [6.07, 6.45) is 5.52. The van der Waals surface area contributed by atoms with Crippen LogP contribution < -0.4 is 0 Å². The SMILES string of the molecule is CCCCCOC(=S)SC. The molecule has 0 aromatic carbocycles. The normalized spacial score (nSPS) is 9.40. The van der Waals surface area contributed by atoms with Crippen molar-refractivity contribution in [3.8, 4) is 0 Å². The Labute approximate surface area is 72.5 Å². The van der Waals surface area contributed by atoms with E-state index in [4.69, 9.17) is 17.0 Å². The Hall–Kier alpha value is 0.240. The highest BCUT2D eigenvalue weighted by molar-refractivity contribution is 8.22. The van der Waals surface area contributed by atoms with Crippen molar-refractivity contribution in [2.75, 3.05) is 12.9 Å². The lowest BCUT2D eigenvalue weighted by Gasteiger charge is -2.02. The smallest absolute Gasteiger partial charge is 0.219 e. The van der Waals surface area contributed by atoms with Crippen LogP contribution in [0.3, 0.4) is 0 Å². The van der Waals surface area contributed by atoms with Crippen LogP contribution in [0.5, 0.6) is 0 Å². The first-order valence-electron chi connectivity index (χ1n) is 3.52. The standard InChI is InChI=1S/C7H14OS2/c1-3-4-5-6-8-7(9)10-2/h3-6H2,1-2H3. The van der Waals surface area contributed by atoms with E-state index in [1.807, 2.05) is 6.26 Å². The van der Waals surface area contributed by atoms with Gasteiger partial charge in [-0.3, -0.25) is 0 Å². The minimum absolute atomic E-state index is 0.663. The average Bonchev–Trinajstić information content (AvgIpc) is 1.98. The Morgan fingerprint density at radius 3 is 2.70 bits per heavy atom. The molecule has 0 bridgehead atoms. The predicted octanol–water partition coefficient (Wildman–Crippen LogP) is 2.84. The summed E-state index contributed by atoms with van der Waals surface area (Å²) >= 11 is 6.34. The summed E-state index contributed by atoms with van der Waals surface area (Å²) in [7, 11) is 0. The highest BCUT2D eigenvalue weighted by Crippen LogP contribution is 2.01. The van der Waals surface area contributed by atoms with Crippen LogP contribution in [0.15, 0.2) is 0 Å². The van der Waals surface area contributed by atoms with Crippen molar-refractivity contribution in [1.82, 2.24) is 0 Å². The summed E-state index contributed by atoms with van der Waals surface area (Å²) in [5.74, 6) is 0. The molecular formula is C7H14OS2. The van der Waals surface area contributed by atoms with Gasteiger partial charge in [-0.15, -0.1) is 0 Å². The van der Waals surface area contributed by atoms with Crippen LogP contribution in [0.25, 0.3) is 0 Å². The molecule has 10 heavy (non-hydrogen) atoms. The molecule has 0 aliphatic carbocycles. The van der Waals surface area contributed by atoms with E-state index in [2.05, 4.69) is 6.92 Å². The number of rotatable bonds is 4. The number of thioether (sulfide) groups is 1. The lowest BCUT2D eigenvalue weighted by molar-refractivity contribution is 0.310. The van der Waals surface area contributed by atoms with E-state index < -0.39 is 0 Å². The molecule has 0 radical (unpaired) electrons. The van der Waals surface area contributed by atoms with Gasteiger partial charge in [0.1, 0.15) is 0 Å². The molecule has 0 N–H and O–H groups in total. The maximum Gasteiger partial charge on any atom is 0.219 e. The van der Waals surface area contributed by atoms with Crippen molar-refractivity contribution in [3.05, 3.63) is 0 Å². The van der Waals surface area contributed by atoms with Crippen LogP contribution in [0, 0.1) is 0 Å². The van der Waals surface area contributed by atoms with E-state index in [1.54, 1.807) is 0 Å². The van der Waals surface area contributed by atoms with E-state index >= 15 is 0 Å². The second-order valence-electron chi connectivity index (χ2n) is 2.01. The molecule has 0 atom stereocenters. The van der Waals surface area contributed by atoms with E-state index in [9.17, 15) is 0 Å². The Balaban J connectivity index is 2.96. The second kappa shape index (κ2) is 7.35. The van der Waals surface area contributed by atoms with Crippen molar-refractivity contribution < 1.29 is 4.74 Å². The zero-order chi connectivity index (χ0) is 7.82. The van der Waals surface area contributed by atoms with Crippen molar-refractivity contribution in [2.45, 2.75) is 26.2 Å². The van der Waals surface area contributed by atoms with Gasteiger partial charge in [0.25, 0.3) is 0 Å². The molecule has 0 saturated heterocycles. The van der Waals surface area contributed by atoms with E-state index in [-0.39, 0.29) is 0 Å². The first-order valence-corrected chi connectivity index (χ1v) is 5.15. The zero-order valence-electron chi connectivity index (χ0n) is 6.55. The minimum Gasteiger partial charge on any atom is -0.479 e. The molecule has 0 saturated carbocycles.